The van der Waals surface area contributed by atoms with Gasteiger partial charge in [-0.1, -0.05) is 20.3 Å². The third-order valence-corrected chi connectivity index (χ3v) is 5.13. The number of nitrogens with one attached hydrogen (secondary N) is 6. The standard InChI is InChI=1S/C20H36N6O9/c1-4-11(2)15-19(32)26-25-17(30)13(9-27)22-14(29)10-35-8-7-34-6-5-21-18(31)16(12(3)28)24-20(33)23-15/h11-13,15-16,27-28H,4-10H2,1-3H3,(H,21,31)(H,22,29)(H,25,30)(H,26,32)(H2,23,24,33)/t11?,12?,13-,15-,16-/m0/s1. The lowest BCUT2D eigenvalue weighted by molar-refractivity contribution is -0.135. The first-order chi connectivity index (χ1) is 16.6. The number of aliphatic hydroxyl groups excluding tert-OH is 2. The molecule has 2 unspecified atom stereocenters. The van der Waals surface area contributed by atoms with Gasteiger partial charge in [0.2, 0.25) is 11.8 Å². The third-order valence-electron chi connectivity index (χ3n) is 5.13. The molecular weight excluding hydrogens is 468 g/mol. The number of amides is 6. The number of aliphatic hydroxyl groups is 2. The number of carbonyl (C=O) groups excluding carboxylic acids is 5. The van der Waals surface area contributed by atoms with Crippen molar-refractivity contribution in [2.75, 3.05) is 39.6 Å². The first-order valence-electron chi connectivity index (χ1n) is 11.3. The molecule has 1 rings (SSSR count). The Morgan fingerprint density at radius 1 is 0.886 bits per heavy atom. The molecule has 15 heteroatoms. The Bertz CT molecular complexity index is 736. The van der Waals surface area contributed by atoms with E-state index in [1.165, 1.54) is 6.92 Å². The summed E-state index contributed by atoms with van der Waals surface area (Å²) in [4.78, 5) is 61.8. The number of urea groups is 1. The maximum absolute atomic E-state index is 12.7. The highest BCUT2D eigenvalue weighted by Crippen LogP contribution is 2.08. The lowest BCUT2D eigenvalue weighted by atomic mass is 9.98. The van der Waals surface area contributed by atoms with E-state index in [1.807, 2.05) is 0 Å². The number of hydrogen-bond acceptors (Lipinski definition) is 9. The quantitative estimate of drug-likeness (QED) is 0.188. The van der Waals surface area contributed by atoms with Crippen LogP contribution in [0.2, 0.25) is 0 Å². The zero-order chi connectivity index (χ0) is 26.4. The van der Waals surface area contributed by atoms with Crippen molar-refractivity contribution in [2.24, 2.45) is 5.92 Å². The summed E-state index contributed by atoms with van der Waals surface area (Å²) in [5.74, 6) is -3.41. The fraction of sp³-hybridized carbons (Fsp3) is 0.750. The summed E-state index contributed by atoms with van der Waals surface area (Å²) in [5.41, 5.74) is 4.24. The average molecular weight is 505 g/mol. The van der Waals surface area contributed by atoms with E-state index in [-0.39, 0.29) is 32.3 Å². The van der Waals surface area contributed by atoms with E-state index < -0.39 is 67.1 Å². The molecule has 0 saturated carbocycles. The topological polar surface area (TPSA) is 216 Å². The molecule has 6 amide bonds. The summed E-state index contributed by atoms with van der Waals surface area (Å²) in [7, 11) is 0. The molecule has 1 aliphatic heterocycles. The van der Waals surface area contributed by atoms with E-state index in [0.29, 0.717) is 6.42 Å². The van der Waals surface area contributed by atoms with Crippen molar-refractivity contribution >= 4 is 29.7 Å². The van der Waals surface area contributed by atoms with E-state index in [1.54, 1.807) is 13.8 Å². The van der Waals surface area contributed by atoms with Gasteiger partial charge in [-0.15, -0.1) is 0 Å². The van der Waals surface area contributed by atoms with Gasteiger partial charge in [-0.05, 0) is 12.8 Å². The van der Waals surface area contributed by atoms with Gasteiger partial charge in [-0.3, -0.25) is 30.0 Å². The van der Waals surface area contributed by atoms with Gasteiger partial charge in [-0.2, -0.15) is 0 Å². The third kappa shape index (κ3) is 10.9. The molecule has 0 aromatic rings. The molecule has 0 aliphatic carbocycles. The summed E-state index contributed by atoms with van der Waals surface area (Å²) < 4.78 is 10.4. The van der Waals surface area contributed by atoms with Gasteiger partial charge < -0.3 is 41.0 Å². The Morgan fingerprint density at radius 3 is 2.14 bits per heavy atom. The van der Waals surface area contributed by atoms with Crippen LogP contribution in [-0.4, -0.2) is 104 Å². The Balaban J connectivity index is 3.00. The van der Waals surface area contributed by atoms with Gasteiger partial charge in [0.05, 0.1) is 32.5 Å². The van der Waals surface area contributed by atoms with Crippen molar-refractivity contribution in [1.29, 1.82) is 0 Å². The van der Waals surface area contributed by atoms with Crippen LogP contribution in [0, 0.1) is 5.92 Å². The van der Waals surface area contributed by atoms with Gasteiger partial charge >= 0.3 is 6.03 Å². The number of carbonyl (C=O) groups is 5. The molecular formula is C20H36N6O9. The lowest BCUT2D eigenvalue weighted by Gasteiger charge is -2.26. The van der Waals surface area contributed by atoms with Crippen LogP contribution in [0.4, 0.5) is 4.79 Å². The first-order valence-corrected chi connectivity index (χ1v) is 11.3. The molecule has 8 N–H and O–H groups in total. The second kappa shape index (κ2) is 15.8. The highest BCUT2D eigenvalue weighted by atomic mass is 16.5. The first kappa shape index (κ1) is 30.0. The van der Waals surface area contributed by atoms with Crippen LogP contribution in [0.15, 0.2) is 0 Å². The Hall–Kier alpha value is -3.01. The van der Waals surface area contributed by atoms with Gasteiger partial charge in [-0.25, -0.2) is 4.79 Å². The van der Waals surface area contributed by atoms with Gasteiger partial charge in [0.15, 0.2) is 0 Å². The van der Waals surface area contributed by atoms with Crippen LogP contribution >= 0.6 is 0 Å². The van der Waals surface area contributed by atoms with Crippen LogP contribution in [0.5, 0.6) is 0 Å². The molecule has 0 radical (unpaired) electrons. The van der Waals surface area contributed by atoms with Crippen molar-refractivity contribution in [1.82, 2.24) is 32.1 Å². The summed E-state index contributed by atoms with van der Waals surface area (Å²) >= 11 is 0. The molecule has 15 nitrogen and oxygen atoms in total. The van der Waals surface area contributed by atoms with Crippen LogP contribution in [0.1, 0.15) is 27.2 Å². The molecule has 1 aliphatic rings. The minimum absolute atomic E-state index is 0.0441. The second-order valence-electron chi connectivity index (χ2n) is 7.94. The number of hydrogen-bond donors (Lipinski definition) is 8. The summed E-state index contributed by atoms with van der Waals surface area (Å²) in [6.07, 6.45) is -0.769. The summed E-state index contributed by atoms with van der Waals surface area (Å²) in [5, 5.41) is 28.9. The molecule has 0 aromatic carbocycles. The molecule has 0 bridgehead atoms. The Labute approximate surface area is 203 Å². The summed E-state index contributed by atoms with van der Waals surface area (Å²) in [6.45, 7) is 3.97. The lowest BCUT2D eigenvalue weighted by Crippen LogP contribution is -2.61. The van der Waals surface area contributed by atoms with Gasteiger partial charge in [0.1, 0.15) is 24.7 Å². The fourth-order valence-electron chi connectivity index (χ4n) is 2.89. The van der Waals surface area contributed by atoms with E-state index in [2.05, 4.69) is 32.1 Å². The Kier molecular flexibility index (Phi) is 13.6. The monoisotopic (exact) mass is 504 g/mol. The molecule has 5 atom stereocenters. The van der Waals surface area contributed by atoms with Crippen LogP contribution in [0.3, 0.4) is 0 Å². The van der Waals surface area contributed by atoms with E-state index >= 15 is 0 Å². The highest BCUT2D eigenvalue weighted by Gasteiger charge is 2.30. The second-order valence-corrected chi connectivity index (χ2v) is 7.94. The van der Waals surface area contributed by atoms with Crippen molar-refractivity contribution < 1.29 is 43.7 Å². The molecule has 0 spiro atoms. The van der Waals surface area contributed by atoms with E-state index in [4.69, 9.17) is 9.47 Å². The largest absolute Gasteiger partial charge is 0.394 e. The molecule has 1 fully saturated rings. The zero-order valence-corrected chi connectivity index (χ0v) is 20.1. The number of hydrazine groups is 1. The molecule has 200 valence electrons. The van der Waals surface area contributed by atoms with E-state index in [9.17, 15) is 34.2 Å². The molecule has 1 heterocycles. The van der Waals surface area contributed by atoms with Crippen LogP contribution in [0.25, 0.3) is 0 Å². The zero-order valence-electron chi connectivity index (χ0n) is 20.1. The van der Waals surface area contributed by atoms with Crippen molar-refractivity contribution in [3.05, 3.63) is 0 Å². The van der Waals surface area contributed by atoms with Crippen LogP contribution in [-0.2, 0) is 28.7 Å². The van der Waals surface area contributed by atoms with Crippen LogP contribution < -0.4 is 32.1 Å². The van der Waals surface area contributed by atoms with Crippen molar-refractivity contribution in [3.8, 4) is 0 Å². The SMILES string of the molecule is CCC(C)[C@@H]1NC(=O)N[C@@H](C(C)O)C(=O)NCCOCCOCC(=O)N[C@@H](CO)C(=O)NNC1=O. The van der Waals surface area contributed by atoms with Gasteiger partial charge in [0.25, 0.3) is 11.8 Å². The predicted octanol–water partition coefficient (Wildman–Crippen LogP) is -3.76. The minimum atomic E-state index is -1.36. The predicted molar refractivity (Wildman–Crippen MR) is 120 cm³/mol. The number of rotatable bonds is 4. The fourth-order valence-corrected chi connectivity index (χ4v) is 2.89. The van der Waals surface area contributed by atoms with Crippen molar-refractivity contribution in [2.45, 2.75) is 51.4 Å². The molecule has 0 aromatic heterocycles. The highest BCUT2D eigenvalue weighted by molar-refractivity contribution is 5.93. The minimum Gasteiger partial charge on any atom is -0.394 e. The smallest absolute Gasteiger partial charge is 0.316 e. The number of ether oxygens (including phenoxy) is 2. The van der Waals surface area contributed by atoms with Crippen molar-refractivity contribution in [3.63, 3.8) is 0 Å². The van der Waals surface area contributed by atoms with Gasteiger partial charge in [0, 0.05) is 6.54 Å². The molecule has 35 heavy (non-hydrogen) atoms. The average Bonchev–Trinajstić information content (AvgIpc) is 2.82. The molecule has 1 saturated heterocycles. The maximum Gasteiger partial charge on any atom is 0.316 e. The Morgan fingerprint density at radius 2 is 1.51 bits per heavy atom. The normalized spacial score (nSPS) is 26.4. The summed E-state index contributed by atoms with van der Waals surface area (Å²) in [6, 6.07) is -4.69. The van der Waals surface area contributed by atoms with E-state index in [0.717, 1.165) is 0 Å². The maximum atomic E-state index is 12.7.